The molecule has 2 atom stereocenters. The summed E-state index contributed by atoms with van der Waals surface area (Å²) in [6.45, 7) is 7.93. The van der Waals surface area contributed by atoms with Crippen LogP contribution in [0.3, 0.4) is 0 Å². The third-order valence-electron chi connectivity index (χ3n) is 3.60. The van der Waals surface area contributed by atoms with Crippen LogP contribution in [0.2, 0.25) is 0 Å². The van der Waals surface area contributed by atoms with E-state index in [-0.39, 0.29) is 16.9 Å². The van der Waals surface area contributed by atoms with E-state index < -0.39 is 0 Å². The lowest BCUT2D eigenvalue weighted by atomic mass is 9.68. The predicted octanol–water partition coefficient (Wildman–Crippen LogP) is 0.901. The Hall–Kier alpha value is -0.570. The number of carbonyl (C=O) groups is 1. The van der Waals surface area contributed by atoms with Crippen LogP contribution in [0.1, 0.15) is 33.6 Å². The highest BCUT2D eigenvalue weighted by atomic mass is 16.2. The van der Waals surface area contributed by atoms with Crippen LogP contribution >= 0.6 is 0 Å². The highest BCUT2D eigenvalue weighted by Crippen LogP contribution is 2.41. The van der Waals surface area contributed by atoms with Gasteiger partial charge in [-0.05, 0) is 18.8 Å². The number of hydrogen-bond acceptors (Lipinski definition) is 2. The van der Waals surface area contributed by atoms with E-state index in [1.807, 2.05) is 20.8 Å². The Labute approximate surface area is 85.6 Å². The minimum atomic E-state index is -0.266. The summed E-state index contributed by atoms with van der Waals surface area (Å²) in [5.74, 6) is 0.861. The molecule has 1 aliphatic heterocycles. The van der Waals surface area contributed by atoms with Gasteiger partial charge in [-0.1, -0.05) is 20.8 Å². The van der Waals surface area contributed by atoms with Crippen molar-refractivity contribution < 1.29 is 4.79 Å². The van der Waals surface area contributed by atoms with Crippen molar-refractivity contribution in [2.75, 3.05) is 13.1 Å². The molecule has 1 amide bonds. The zero-order valence-electron chi connectivity index (χ0n) is 9.31. The van der Waals surface area contributed by atoms with Gasteiger partial charge in [-0.25, -0.2) is 0 Å². The van der Waals surface area contributed by atoms with E-state index in [2.05, 4.69) is 10.6 Å². The molecule has 1 saturated heterocycles. The second-order valence-corrected chi connectivity index (χ2v) is 5.73. The van der Waals surface area contributed by atoms with Crippen LogP contribution in [-0.4, -0.2) is 24.5 Å². The molecule has 3 heteroatoms. The van der Waals surface area contributed by atoms with Crippen molar-refractivity contribution in [2.24, 2.45) is 11.3 Å². The maximum Gasteiger partial charge on any atom is 0.225 e. The van der Waals surface area contributed by atoms with Gasteiger partial charge in [0.25, 0.3) is 0 Å². The average Bonchev–Trinajstić information content (AvgIpc) is 2.29. The molecule has 1 saturated carbocycles. The van der Waals surface area contributed by atoms with E-state index in [0.717, 1.165) is 19.5 Å². The topological polar surface area (TPSA) is 41.1 Å². The Balaban J connectivity index is 2.01. The SMILES string of the molecule is CC(C)(C)C(=O)NC12CCC1CNC2. The third kappa shape index (κ3) is 1.44. The van der Waals surface area contributed by atoms with Gasteiger partial charge in [0.2, 0.25) is 5.91 Å². The normalized spacial score (nSPS) is 36.1. The molecule has 2 unspecified atom stereocenters. The van der Waals surface area contributed by atoms with Gasteiger partial charge in [-0.15, -0.1) is 0 Å². The van der Waals surface area contributed by atoms with E-state index in [9.17, 15) is 4.79 Å². The minimum Gasteiger partial charge on any atom is -0.349 e. The van der Waals surface area contributed by atoms with Gasteiger partial charge in [-0.2, -0.15) is 0 Å². The smallest absolute Gasteiger partial charge is 0.225 e. The summed E-state index contributed by atoms with van der Waals surface area (Å²) in [4.78, 5) is 11.9. The quantitative estimate of drug-likeness (QED) is 0.654. The van der Waals surface area contributed by atoms with Crippen molar-refractivity contribution in [3.63, 3.8) is 0 Å². The lowest BCUT2D eigenvalue weighted by molar-refractivity contribution is -0.132. The fourth-order valence-corrected chi connectivity index (χ4v) is 2.32. The summed E-state index contributed by atoms with van der Waals surface area (Å²) >= 11 is 0. The van der Waals surface area contributed by atoms with Crippen molar-refractivity contribution in [1.82, 2.24) is 10.6 Å². The van der Waals surface area contributed by atoms with E-state index in [4.69, 9.17) is 0 Å². The van der Waals surface area contributed by atoms with Crippen molar-refractivity contribution in [3.8, 4) is 0 Å². The summed E-state index contributed by atoms with van der Waals surface area (Å²) < 4.78 is 0. The molecule has 2 aliphatic rings. The van der Waals surface area contributed by atoms with Crippen LogP contribution in [0, 0.1) is 11.3 Å². The monoisotopic (exact) mass is 196 g/mol. The number of carbonyl (C=O) groups excluding carboxylic acids is 1. The van der Waals surface area contributed by atoms with Crippen LogP contribution in [0.25, 0.3) is 0 Å². The van der Waals surface area contributed by atoms with Gasteiger partial charge in [0.05, 0.1) is 5.54 Å². The molecule has 0 radical (unpaired) electrons. The number of fused-ring (bicyclic) bond motifs is 1. The molecule has 0 bridgehead atoms. The highest BCUT2D eigenvalue weighted by molar-refractivity contribution is 5.82. The molecule has 0 spiro atoms. The number of rotatable bonds is 1. The van der Waals surface area contributed by atoms with E-state index >= 15 is 0 Å². The molecule has 2 rings (SSSR count). The minimum absolute atomic E-state index is 0.102. The van der Waals surface area contributed by atoms with Gasteiger partial charge in [-0.3, -0.25) is 4.79 Å². The third-order valence-corrected chi connectivity index (χ3v) is 3.60. The van der Waals surface area contributed by atoms with Gasteiger partial charge < -0.3 is 10.6 Å². The molecule has 1 aliphatic carbocycles. The highest BCUT2D eigenvalue weighted by Gasteiger charge is 2.51. The van der Waals surface area contributed by atoms with Gasteiger partial charge in [0.1, 0.15) is 0 Å². The van der Waals surface area contributed by atoms with E-state index in [0.29, 0.717) is 5.92 Å². The van der Waals surface area contributed by atoms with Crippen LogP contribution in [-0.2, 0) is 4.79 Å². The van der Waals surface area contributed by atoms with Crippen molar-refractivity contribution in [3.05, 3.63) is 0 Å². The fourth-order valence-electron chi connectivity index (χ4n) is 2.32. The molecular weight excluding hydrogens is 176 g/mol. The molecule has 0 aromatic heterocycles. The molecule has 1 heterocycles. The first-order valence-corrected chi connectivity index (χ1v) is 5.47. The number of nitrogens with one attached hydrogen (secondary N) is 2. The Morgan fingerprint density at radius 1 is 1.50 bits per heavy atom. The second-order valence-electron chi connectivity index (χ2n) is 5.73. The Morgan fingerprint density at radius 3 is 2.64 bits per heavy atom. The van der Waals surface area contributed by atoms with Crippen molar-refractivity contribution in [1.29, 1.82) is 0 Å². The zero-order chi connectivity index (χ0) is 10.4. The average molecular weight is 196 g/mol. The van der Waals surface area contributed by atoms with E-state index in [1.54, 1.807) is 0 Å². The molecule has 0 aromatic carbocycles. The van der Waals surface area contributed by atoms with Gasteiger partial charge in [0, 0.05) is 18.5 Å². The second kappa shape index (κ2) is 2.96. The Kier molecular flexibility index (Phi) is 2.11. The van der Waals surface area contributed by atoms with Crippen LogP contribution < -0.4 is 10.6 Å². The van der Waals surface area contributed by atoms with Crippen LogP contribution in [0.15, 0.2) is 0 Å². The summed E-state index contributed by atoms with van der Waals surface area (Å²) in [5.41, 5.74) is -0.165. The van der Waals surface area contributed by atoms with Gasteiger partial charge in [0.15, 0.2) is 0 Å². The molecule has 0 aromatic rings. The van der Waals surface area contributed by atoms with Crippen LogP contribution in [0.4, 0.5) is 0 Å². The first-order chi connectivity index (χ1) is 6.44. The largest absolute Gasteiger partial charge is 0.349 e. The molecule has 3 nitrogen and oxygen atoms in total. The summed E-state index contributed by atoms with van der Waals surface area (Å²) in [6, 6.07) is 0. The Morgan fingerprint density at radius 2 is 2.21 bits per heavy atom. The first kappa shape index (κ1) is 9.97. The molecule has 2 fully saturated rings. The zero-order valence-corrected chi connectivity index (χ0v) is 9.31. The lowest BCUT2D eigenvalue weighted by Gasteiger charge is -2.46. The predicted molar refractivity (Wildman–Crippen MR) is 55.9 cm³/mol. The van der Waals surface area contributed by atoms with Gasteiger partial charge >= 0.3 is 0 Å². The number of hydrogen-bond donors (Lipinski definition) is 2. The summed E-state index contributed by atoms with van der Waals surface area (Å²) in [5, 5.41) is 6.60. The summed E-state index contributed by atoms with van der Waals surface area (Å²) in [7, 11) is 0. The van der Waals surface area contributed by atoms with Crippen molar-refractivity contribution in [2.45, 2.75) is 39.2 Å². The first-order valence-electron chi connectivity index (χ1n) is 5.47. The molecule has 14 heavy (non-hydrogen) atoms. The summed E-state index contributed by atoms with van der Waals surface area (Å²) in [6.07, 6.45) is 2.41. The maximum absolute atomic E-state index is 11.9. The molecular formula is C11H20N2O. The maximum atomic E-state index is 11.9. The fraction of sp³-hybridized carbons (Fsp3) is 0.909. The molecule has 80 valence electrons. The molecule has 2 N–H and O–H groups in total. The number of amides is 1. The van der Waals surface area contributed by atoms with E-state index in [1.165, 1.54) is 6.42 Å². The van der Waals surface area contributed by atoms with Crippen LogP contribution in [0.5, 0.6) is 0 Å². The van der Waals surface area contributed by atoms with Crippen molar-refractivity contribution >= 4 is 5.91 Å². The standard InChI is InChI=1S/C11H20N2O/c1-10(2,3)9(14)13-11-5-4-8(11)6-12-7-11/h8,12H,4-7H2,1-3H3,(H,13,14). The Bertz CT molecular complexity index is 257. The lowest BCUT2D eigenvalue weighted by Crippen LogP contribution is -2.61.